The number of halogens is 1. The van der Waals surface area contributed by atoms with E-state index in [0.29, 0.717) is 20.8 Å². The van der Waals surface area contributed by atoms with Gasteiger partial charge in [-0.25, -0.2) is 4.99 Å². The van der Waals surface area contributed by atoms with Crippen LogP contribution in [-0.4, -0.2) is 17.7 Å². The lowest BCUT2D eigenvalue weighted by atomic mass is 10.2. The predicted molar refractivity (Wildman–Crippen MR) is 105 cm³/mol. The molecule has 0 unspecified atom stereocenters. The lowest BCUT2D eigenvalue weighted by Gasteiger charge is -2.05. The maximum absolute atomic E-state index is 12.2. The Labute approximate surface area is 160 Å². The first-order chi connectivity index (χ1) is 12.6. The van der Waals surface area contributed by atoms with Gasteiger partial charge >= 0.3 is 0 Å². The van der Waals surface area contributed by atoms with Crippen molar-refractivity contribution in [1.82, 2.24) is 5.32 Å². The van der Waals surface area contributed by atoms with Gasteiger partial charge < -0.3 is 10.1 Å². The van der Waals surface area contributed by atoms with Crippen LogP contribution in [0.2, 0.25) is 5.02 Å². The zero-order valence-electron chi connectivity index (χ0n) is 13.8. The number of benzene rings is 2. The van der Waals surface area contributed by atoms with Crippen molar-refractivity contribution in [3.05, 3.63) is 63.5 Å². The number of rotatable bonds is 4. The van der Waals surface area contributed by atoms with E-state index in [9.17, 15) is 4.79 Å². The number of aliphatic imine (C=N–C) groups is 1. The minimum atomic E-state index is -0.226. The summed E-state index contributed by atoms with van der Waals surface area (Å²) >= 11 is 7.21. The van der Waals surface area contributed by atoms with Crippen LogP contribution in [0.4, 0.5) is 5.69 Å². The predicted octanol–water partition coefficient (Wildman–Crippen LogP) is 4.44. The van der Waals surface area contributed by atoms with E-state index in [1.54, 1.807) is 18.2 Å². The molecule has 0 bridgehead atoms. The van der Waals surface area contributed by atoms with Gasteiger partial charge in [0.2, 0.25) is 0 Å². The number of para-hydroxylation sites is 1. The number of carbonyl (C=O) groups is 1. The standard InChI is InChI=1S/C19H14ClN3O2S/c1-12-10-14(20)6-7-15(12)22-19-23-18(24)17(26-19)11-13-4-2-3-5-16(13)25-9-8-21/h2-7,10-11H,9H2,1H3,(H,22,23,24)/b17-11-. The highest BCUT2D eigenvalue weighted by Crippen LogP contribution is 2.31. The molecule has 7 heteroatoms. The van der Waals surface area contributed by atoms with Crippen LogP contribution in [0.15, 0.2) is 52.4 Å². The molecule has 1 amide bonds. The number of thioether (sulfide) groups is 1. The molecule has 0 atom stereocenters. The van der Waals surface area contributed by atoms with Crippen LogP contribution in [0.25, 0.3) is 6.08 Å². The van der Waals surface area contributed by atoms with Crippen molar-refractivity contribution in [3.63, 3.8) is 0 Å². The zero-order valence-corrected chi connectivity index (χ0v) is 15.4. The highest BCUT2D eigenvalue weighted by Gasteiger charge is 2.24. The second-order valence-electron chi connectivity index (χ2n) is 5.40. The number of hydrogen-bond acceptors (Lipinski definition) is 5. The minimum absolute atomic E-state index is 0.0535. The number of amides is 1. The summed E-state index contributed by atoms with van der Waals surface area (Å²) in [6, 6.07) is 14.6. The summed E-state index contributed by atoms with van der Waals surface area (Å²) in [6.07, 6.45) is 1.73. The van der Waals surface area contributed by atoms with Crippen molar-refractivity contribution < 1.29 is 9.53 Å². The Balaban J connectivity index is 1.85. The molecule has 1 aliphatic heterocycles. The number of nitrogens with one attached hydrogen (secondary N) is 1. The fourth-order valence-electron chi connectivity index (χ4n) is 2.32. The van der Waals surface area contributed by atoms with Gasteiger partial charge in [0.05, 0.1) is 10.6 Å². The van der Waals surface area contributed by atoms with Crippen molar-refractivity contribution >= 4 is 46.2 Å². The summed E-state index contributed by atoms with van der Waals surface area (Å²) in [6.45, 7) is 1.86. The van der Waals surface area contributed by atoms with E-state index >= 15 is 0 Å². The average Bonchev–Trinajstić information content (AvgIpc) is 2.96. The van der Waals surface area contributed by atoms with Crippen LogP contribution in [0.5, 0.6) is 5.75 Å². The van der Waals surface area contributed by atoms with E-state index in [4.69, 9.17) is 21.6 Å². The number of carbonyl (C=O) groups excluding carboxylic acids is 1. The van der Waals surface area contributed by atoms with Crippen LogP contribution < -0.4 is 10.1 Å². The molecule has 0 radical (unpaired) electrons. The first kappa shape index (κ1) is 18.1. The molecule has 5 nitrogen and oxygen atoms in total. The summed E-state index contributed by atoms with van der Waals surface area (Å²) < 4.78 is 5.39. The number of nitriles is 1. The number of ether oxygens (including phenoxy) is 1. The summed E-state index contributed by atoms with van der Waals surface area (Å²) in [4.78, 5) is 17.2. The van der Waals surface area contributed by atoms with E-state index in [0.717, 1.165) is 16.8 Å². The van der Waals surface area contributed by atoms with E-state index in [2.05, 4.69) is 10.3 Å². The SMILES string of the molecule is Cc1cc(Cl)ccc1N=C1NC(=O)/C(=C/c2ccccc2OCC#N)S1. The highest BCUT2D eigenvalue weighted by atomic mass is 35.5. The summed E-state index contributed by atoms with van der Waals surface area (Å²) in [5.74, 6) is 0.323. The molecule has 0 aromatic heterocycles. The van der Waals surface area contributed by atoms with E-state index in [1.165, 1.54) is 11.8 Å². The van der Waals surface area contributed by atoms with Crippen LogP contribution in [0.3, 0.4) is 0 Å². The Morgan fingerprint density at radius 3 is 2.92 bits per heavy atom. The Morgan fingerprint density at radius 1 is 1.35 bits per heavy atom. The van der Waals surface area contributed by atoms with Gasteiger partial charge in [0.15, 0.2) is 11.8 Å². The van der Waals surface area contributed by atoms with Gasteiger partial charge in [-0.1, -0.05) is 29.8 Å². The summed E-state index contributed by atoms with van der Waals surface area (Å²) in [5, 5.41) is 12.6. The fourth-order valence-corrected chi connectivity index (χ4v) is 3.37. The molecule has 3 rings (SSSR count). The third-order valence-corrected chi connectivity index (χ3v) is 4.67. The van der Waals surface area contributed by atoms with Crippen molar-refractivity contribution in [2.45, 2.75) is 6.92 Å². The molecular weight excluding hydrogens is 370 g/mol. The van der Waals surface area contributed by atoms with E-state index in [1.807, 2.05) is 43.3 Å². The molecule has 2 aromatic rings. The fraction of sp³-hybridized carbons (Fsp3) is 0.105. The highest BCUT2D eigenvalue weighted by molar-refractivity contribution is 8.18. The maximum Gasteiger partial charge on any atom is 0.264 e. The van der Waals surface area contributed by atoms with Crippen LogP contribution in [0, 0.1) is 18.3 Å². The maximum atomic E-state index is 12.2. The Bertz CT molecular complexity index is 963. The average molecular weight is 384 g/mol. The Morgan fingerprint density at radius 2 is 2.15 bits per heavy atom. The Hall–Kier alpha value is -2.75. The van der Waals surface area contributed by atoms with Crippen molar-refractivity contribution in [3.8, 4) is 11.8 Å². The van der Waals surface area contributed by atoms with Gasteiger partial charge in [0, 0.05) is 10.6 Å². The van der Waals surface area contributed by atoms with Crippen LogP contribution >= 0.6 is 23.4 Å². The molecule has 2 aromatic carbocycles. The minimum Gasteiger partial charge on any atom is -0.478 e. The first-order valence-corrected chi connectivity index (χ1v) is 8.91. The smallest absolute Gasteiger partial charge is 0.264 e. The monoisotopic (exact) mass is 383 g/mol. The van der Waals surface area contributed by atoms with Gasteiger partial charge in [-0.3, -0.25) is 4.79 Å². The van der Waals surface area contributed by atoms with Crippen molar-refractivity contribution in [1.29, 1.82) is 5.26 Å². The number of aryl methyl sites for hydroxylation is 1. The second-order valence-corrected chi connectivity index (χ2v) is 6.86. The lowest BCUT2D eigenvalue weighted by molar-refractivity contribution is -0.115. The topological polar surface area (TPSA) is 74.5 Å². The van der Waals surface area contributed by atoms with Gasteiger partial charge in [-0.05, 0) is 54.6 Å². The van der Waals surface area contributed by atoms with Gasteiger partial charge in [-0.2, -0.15) is 5.26 Å². The molecule has 1 heterocycles. The molecule has 1 N–H and O–H groups in total. The molecule has 0 spiro atoms. The molecule has 1 saturated heterocycles. The first-order valence-electron chi connectivity index (χ1n) is 7.71. The normalized spacial score (nSPS) is 16.6. The Kier molecular flexibility index (Phi) is 5.61. The molecule has 0 saturated carbocycles. The molecule has 1 aliphatic rings. The second kappa shape index (κ2) is 8.09. The zero-order chi connectivity index (χ0) is 18.5. The van der Waals surface area contributed by atoms with Crippen LogP contribution in [-0.2, 0) is 4.79 Å². The molecule has 26 heavy (non-hydrogen) atoms. The van der Waals surface area contributed by atoms with Crippen LogP contribution in [0.1, 0.15) is 11.1 Å². The van der Waals surface area contributed by atoms with Gasteiger partial charge in [0.25, 0.3) is 5.91 Å². The van der Waals surface area contributed by atoms with Gasteiger partial charge in [0.1, 0.15) is 11.8 Å². The summed E-state index contributed by atoms with van der Waals surface area (Å²) in [5.41, 5.74) is 2.40. The molecule has 130 valence electrons. The summed E-state index contributed by atoms with van der Waals surface area (Å²) in [7, 11) is 0. The number of hydrogen-bond donors (Lipinski definition) is 1. The lowest BCUT2D eigenvalue weighted by Crippen LogP contribution is -2.19. The number of nitrogens with zero attached hydrogens (tertiary/aromatic N) is 2. The molecule has 1 fully saturated rings. The van der Waals surface area contributed by atoms with Crippen molar-refractivity contribution in [2.24, 2.45) is 4.99 Å². The molecular formula is C19H14ClN3O2S. The van der Waals surface area contributed by atoms with E-state index < -0.39 is 0 Å². The largest absolute Gasteiger partial charge is 0.478 e. The third-order valence-electron chi connectivity index (χ3n) is 3.53. The third kappa shape index (κ3) is 4.26. The van der Waals surface area contributed by atoms with Crippen molar-refractivity contribution in [2.75, 3.05) is 6.61 Å². The van der Waals surface area contributed by atoms with Gasteiger partial charge in [-0.15, -0.1) is 0 Å². The number of amidine groups is 1. The quantitative estimate of drug-likeness (QED) is 0.792. The van der Waals surface area contributed by atoms with E-state index in [-0.39, 0.29) is 12.5 Å². The molecule has 0 aliphatic carbocycles.